The minimum absolute atomic E-state index is 0.527. The van der Waals surface area contributed by atoms with Gasteiger partial charge in [0.05, 0.1) is 5.52 Å². The van der Waals surface area contributed by atoms with Gasteiger partial charge in [0.15, 0.2) is 0 Å². The lowest BCUT2D eigenvalue weighted by Gasteiger charge is -2.39. The van der Waals surface area contributed by atoms with Crippen LogP contribution in [0.25, 0.3) is 10.9 Å². The lowest BCUT2D eigenvalue weighted by atomic mass is 9.99. The average molecular weight is 372 g/mol. The van der Waals surface area contributed by atoms with E-state index in [4.69, 9.17) is 9.72 Å². The fourth-order valence-electron chi connectivity index (χ4n) is 4.25. The summed E-state index contributed by atoms with van der Waals surface area (Å²) in [5.74, 6) is 1.03. The van der Waals surface area contributed by atoms with Gasteiger partial charge in [-0.1, -0.05) is 6.07 Å². The van der Waals surface area contributed by atoms with Crippen molar-refractivity contribution in [2.24, 2.45) is 0 Å². The molecule has 1 aromatic carbocycles. The first-order chi connectivity index (χ1) is 12.7. The number of pyridine rings is 1. The summed E-state index contributed by atoms with van der Waals surface area (Å²) in [6.45, 7) is 6.42. The van der Waals surface area contributed by atoms with E-state index < -0.39 is 0 Å². The van der Waals surface area contributed by atoms with E-state index in [0.717, 1.165) is 30.6 Å². The van der Waals surface area contributed by atoms with Gasteiger partial charge >= 0.3 is 0 Å². The Hall–Kier alpha value is -1.30. The topological polar surface area (TPSA) is 37.4 Å². The van der Waals surface area contributed by atoms with Crippen molar-refractivity contribution in [1.29, 1.82) is 0 Å². The van der Waals surface area contributed by atoms with E-state index in [9.17, 15) is 0 Å². The summed E-state index contributed by atoms with van der Waals surface area (Å²) in [4.78, 5) is 8.83. The molecule has 0 amide bonds. The number of nitrogens with one attached hydrogen (secondary N) is 1. The van der Waals surface area contributed by atoms with Crippen LogP contribution in [-0.2, 0) is 4.74 Å². The molecule has 4 nitrogen and oxygen atoms in total. The number of piperidine rings is 1. The normalized spacial score (nSPS) is 20.5. The number of anilines is 1. The van der Waals surface area contributed by atoms with Gasteiger partial charge in [0, 0.05) is 48.7 Å². The maximum atomic E-state index is 5.50. The zero-order valence-electron chi connectivity index (χ0n) is 15.8. The molecule has 2 aliphatic heterocycles. The van der Waals surface area contributed by atoms with Gasteiger partial charge < -0.3 is 15.0 Å². The van der Waals surface area contributed by atoms with Crippen LogP contribution in [0.15, 0.2) is 29.2 Å². The van der Waals surface area contributed by atoms with Crippen LogP contribution < -0.4 is 5.32 Å². The highest BCUT2D eigenvalue weighted by molar-refractivity contribution is 7.98. The number of benzene rings is 1. The zero-order valence-corrected chi connectivity index (χ0v) is 16.6. The number of hydrogen-bond donors (Lipinski definition) is 1. The molecule has 2 fully saturated rings. The number of likely N-dealkylation sites (tertiary alicyclic amines) is 1. The van der Waals surface area contributed by atoms with Crippen molar-refractivity contribution in [2.45, 2.75) is 49.6 Å². The molecule has 0 atom stereocenters. The van der Waals surface area contributed by atoms with E-state index >= 15 is 0 Å². The van der Waals surface area contributed by atoms with E-state index in [1.54, 1.807) is 11.8 Å². The van der Waals surface area contributed by atoms with Gasteiger partial charge in [-0.3, -0.25) is 0 Å². The van der Waals surface area contributed by atoms with Crippen molar-refractivity contribution >= 4 is 28.5 Å². The number of ether oxygens (including phenoxy) is 1. The molecule has 0 saturated carbocycles. The second-order valence-electron chi connectivity index (χ2n) is 7.51. The highest BCUT2D eigenvalue weighted by atomic mass is 32.2. The van der Waals surface area contributed by atoms with Gasteiger partial charge in [0.1, 0.15) is 5.82 Å². The van der Waals surface area contributed by atoms with E-state index in [2.05, 4.69) is 47.7 Å². The minimum atomic E-state index is 0.527. The molecule has 140 valence electrons. The molecule has 0 unspecified atom stereocenters. The standard InChI is InChI=1S/C21H29N3OS/c1-15-13-21(23-20-14-18(26-2)3-4-19(15)20)22-16-5-9-24(10-6-16)17-7-11-25-12-8-17/h3-4,13-14,16-17H,5-12H2,1-2H3,(H,22,23). The minimum Gasteiger partial charge on any atom is -0.381 e. The molecule has 2 saturated heterocycles. The van der Waals surface area contributed by atoms with E-state index in [-0.39, 0.29) is 0 Å². The number of aromatic nitrogens is 1. The zero-order chi connectivity index (χ0) is 17.9. The predicted octanol–water partition coefficient (Wildman–Crippen LogP) is 4.32. The van der Waals surface area contributed by atoms with Crippen LogP contribution in [0.5, 0.6) is 0 Å². The Kier molecular flexibility index (Phi) is 5.67. The smallest absolute Gasteiger partial charge is 0.127 e. The lowest BCUT2D eigenvalue weighted by molar-refractivity contribution is 0.0262. The van der Waals surface area contributed by atoms with E-state index in [1.165, 1.54) is 54.6 Å². The Balaban J connectivity index is 1.41. The first-order valence-electron chi connectivity index (χ1n) is 9.76. The van der Waals surface area contributed by atoms with Crippen LogP contribution in [0.1, 0.15) is 31.2 Å². The Morgan fingerprint density at radius 1 is 1.12 bits per heavy atom. The fourth-order valence-corrected chi connectivity index (χ4v) is 4.69. The summed E-state index contributed by atoms with van der Waals surface area (Å²) < 4.78 is 5.50. The molecule has 26 heavy (non-hydrogen) atoms. The molecule has 1 aromatic heterocycles. The summed E-state index contributed by atoms with van der Waals surface area (Å²) in [5.41, 5.74) is 2.39. The Morgan fingerprint density at radius 3 is 2.62 bits per heavy atom. The Labute approximate surface area is 160 Å². The number of rotatable bonds is 4. The summed E-state index contributed by atoms with van der Waals surface area (Å²) >= 11 is 1.77. The molecule has 3 heterocycles. The molecule has 4 rings (SSSR count). The van der Waals surface area contributed by atoms with Crippen LogP contribution in [0, 0.1) is 6.92 Å². The first-order valence-corrected chi connectivity index (χ1v) is 11.0. The molecule has 5 heteroatoms. The molecule has 0 radical (unpaired) electrons. The number of nitrogens with zero attached hydrogens (tertiary/aromatic N) is 2. The van der Waals surface area contributed by atoms with Crippen molar-refractivity contribution in [1.82, 2.24) is 9.88 Å². The second-order valence-corrected chi connectivity index (χ2v) is 8.39. The molecular formula is C21H29N3OS. The first kappa shape index (κ1) is 18.1. The maximum absolute atomic E-state index is 5.50. The van der Waals surface area contributed by atoms with Gasteiger partial charge in [-0.25, -0.2) is 4.98 Å². The van der Waals surface area contributed by atoms with Crippen molar-refractivity contribution in [3.05, 3.63) is 29.8 Å². The van der Waals surface area contributed by atoms with E-state index in [1.807, 2.05) is 0 Å². The van der Waals surface area contributed by atoms with Gasteiger partial charge in [-0.2, -0.15) is 0 Å². The maximum Gasteiger partial charge on any atom is 0.127 e. The largest absolute Gasteiger partial charge is 0.381 e. The van der Waals surface area contributed by atoms with Crippen LogP contribution in [0.4, 0.5) is 5.82 Å². The molecule has 0 spiro atoms. The summed E-state index contributed by atoms with van der Waals surface area (Å²) in [5, 5.41) is 4.96. The Morgan fingerprint density at radius 2 is 1.88 bits per heavy atom. The molecule has 0 bridgehead atoms. The Bertz CT molecular complexity index is 752. The quantitative estimate of drug-likeness (QED) is 0.810. The monoisotopic (exact) mass is 371 g/mol. The second kappa shape index (κ2) is 8.15. The number of fused-ring (bicyclic) bond motifs is 1. The highest BCUT2D eigenvalue weighted by Crippen LogP contribution is 2.27. The molecule has 2 aromatic rings. The number of hydrogen-bond acceptors (Lipinski definition) is 5. The van der Waals surface area contributed by atoms with Crippen LogP contribution in [0.2, 0.25) is 0 Å². The third-order valence-electron chi connectivity index (χ3n) is 5.81. The predicted molar refractivity (Wildman–Crippen MR) is 110 cm³/mol. The van der Waals surface area contributed by atoms with Gasteiger partial charge in [0.2, 0.25) is 0 Å². The average Bonchev–Trinajstić information content (AvgIpc) is 2.69. The molecule has 2 aliphatic rings. The third-order valence-corrected chi connectivity index (χ3v) is 6.54. The van der Waals surface area contributed by atoms with Gasteiger partial charge in [0.25, 0.3) is 0 Å². The third kappa shape index (κ3) is 4.00. The lowest BCUT2D eigenvalue weighted by Crippen LogP contribution is -2.46. The SMILES string of the molecule is CSc1ccc2c(C)cc(NC3CCN(C4CCOCC4)CC3)nc2c1. The summed E-state index contributed by atoms with van der Waals surface area (Å²) in [7, 11) is 0. The molecule has 0 aliphatic carbocycles. The van der Waals surface area contributed by atoms with Crippen molar-refractivity contribution in [3.63, 3.8) is 0 Å². The van der Waals surface area contributed by atoms with Crippen LogP contribution in [0.3, 0.4) is 0 Å². The number of aryl methyl sites for hydroxylation is 1. The fraction of sp³-hybridized carbons (Fsp3) is 0.571. The highest BCUT2D eigenvalue weighted by Gasteiger charge is 2.26. The van der Waals surface area contributed by atoms with Crippen molar-refractivity contribution in [3.8, 4) is 0 Å². The van der Waals surface area contributed by atoms with Gasteiger partial charge in [-0.05, 0) is 62.6 Å². The molecule has 1 N–H and O–H groups in total. The van der Waals surface area contributed by atoms with Crippen LogP contribution in [-0.4, -0.2) is 54.5 Å². The number of thioether (sulfide) groups is 1. The van der Waals surface area contributed by atoms with E-state index in [0.29, 0.717) is 6.04 Å². The van der Waals surface area contributed by atoms with Crippen molar-refractivity contribution < 1.29 is 4.74 Å². The summed E-state index contributed by atoms with van der Waals surface area (Å²) in [6.07, 6.45) is 6.90. The summed E-state index contributed by atoms with van der Waals surface area (Å²) in [6, 6.07) is 10.0. The van der Waals surface area contributed by atoms with Gasteiger partial charge in [-0.15, -0.1) is 11.8 Å². The van der Waals surface area contributed by atoms with Crippen LogP contribution >= 0.6 is 11.8 Å². The van der Waals surface area contributed by atoms with Crippen molar-refractivity contribution in [2.75, 3.05) is 37.9 Å². The molecular weight excluding hydrogens is 342 g/mol.